The Labute approximate surface area is 98.7 Å². The van der Waals surface area contributed by atoms with Crippen LogP contribution >= 0.6 is 0 Å². The number of aliphatic hydroxyl groups excluding tert-OH is 1. The first kappa shape index (κ1) is 10.5. The Hall–Kier alpha value is -1.66. The summed E-state index contributed by atoms with van der Waals surface area (Å²) in [5.74, 6) is 0.813. The molecule has 0 atom stereocenters. The van der Waals surface area contributed by atoms with Gasteiger partial charge in [0.1, 0.15) is 12.0 Å². The fraction of sp³-hybridized carbons (Fsp3) is 0.455. The number of fused-ring (bicyclic) bond motifs is 1. The van der Waals surface area contributed by atoms with Crippen molar-refractivity contribution in [2.75, 3.05) is 18.5 Å². The van der Waals surface area contributed by atoms with Crippen LogP contribution in [0, 0.1) is 0 Å². The summed E-state index contributed by atoms with van der Waals surface area (Å²) in [5, 5.41) is 12.5. The maximum atomic E-state index is 9.45. The minimum absolute atomic E-state index is 0.161. The third-order valence-electron chi connectivity index (χ3n) is 3.08. The summed E-state index contributed by atoms with van der Waals surface area (Å²) in [5.41, 5.74) is 4.11. The number of rotatable bonds is 2. The number of anilines is 1. The molecule has 0 spiro atoms. The molecule has 1 aliphatic rings. The highest BCUT2D eigenvalue weighted by Gasteiger charge is 2.17. The van der Waals surface area contributed by atoms with Crippen LogP contribution in [0.2, 0.25) is 0 Å². The SMILES string of the molecule is OC1CCN(Nc2ncnc3[nH]ccc23)CC1. The fourth-order valence-electron chi connectivity index (χ4n) is 2.09. The molecule has 6 heteroatoms. The van der Waals surface area contributed by atoms with Crippen LogP contribution in [0.5, 0.6) is 0 Å². The van der Waals surface area contributed by atoms with E-state index in [0.717, 1.165) is 42.8 Å². The Morgan fingerprint density at radius 2 is 2.18 bits per heavy atom. The molecule has 0 unspecified atom stereocenters. The van der Waals surface area contributed by atoms with E-state index in [2.05, 4.69) is 25.4 Å². The summed E-state index contributed by atoms with van der Waals surface area (Å²) in [7, 11) is 0. The van der Waals surface area contributed by atoms with Crippen molar-refractivity contribution in [3.63, 3.8) is 0 Å². The number of aromatic nitrogens is 3. The van der Waals surface area contributed by atoms with Gasteiger partial charge in [-0.15, -0.1) is 0 Å². The summed E-state index contributed by atoms with van der Waals surface area (Å²) < 4.78 is 0. The van der Waals surface area contributed by atoms with Gasteiger partial charge in [-0.3, -0.25) is 0 Å². The molecule has 3 rings (SSSR count). The van der Waals surface area contributed by atoms with Gasteiger partial charge in [0.15, 0.2) is 5.82 Å². The number of nitrogens with one attached hydrogen (secondary N) is 2. The molecular formula is C11H15N5O. The molecule has 3 heterocycles. The predicted octanol–water partition coefficient (Wildman–Crippen LogP) is 0.741. The predicted molar refractivity (Wildman–Crippen MR) is 64.3 cm³/mol. The van der Waals surface area contributed by atoms with Crippen LogP contribution < -0.4 is 5.43 Å². The Kier molecular flexibility index (Phi) is 2.66. The van der Waals surface area contributed by atoms with Crippen LogP contribution in [-0.2, 0) is 0 Å². The number of piperidine rings is 1. The zero-order valence-electron chi connectivity index (χ0n) is 9.43. The molecule has 1 saturated heterocycles. The molecule has 1 aliphatic heterocycles. The number of aromatic amines is 1. The van der Waals surface area contributed by atoms with Gasteiger partial charge in [0.2, 0.25) is 0 Å². The van der Waals surface area contributed by atoms with Crippen LogP contribution in [0.15, 0.2) is 18.6 Å². The molecule has 2 aromatic rings. The second kappa shape index (κ2) is 4.31. The largest absolute Gasteiger partial charge is 0.393 e. The van der Waals surface area contributed by atoms with E-state index in [1.807, 2.05) is 12.3 Å². The third kappa shape index (κ3) is 2.09. The van der Waals surface area contributed by atoms with Crippen molar-refractivity contribution in [2.45, 2.75) is 18.9 Å². The van der Waals surface area contributed by atoms with Gasteiger partial charge in [-0.25, -0.2) is 15.0 Å². The van der Waals surface area contributed by atoms with Gasteiger partial charge in [0, 0.05) is 19.3 Å². The zero-order valence-corrected chi connectivity index (χ0v) is 9.43. The average molecular weight is 233 g/mol. The monoisotopic (exact) mass is 233 g/mol. The van der Waals surface area contributed by atoms with E-state index in [-0.39, 0.29) is 6.10 Å². The Balaban J connectivity index is 1.78. The Bertz CT molecular complexity index is 503. The summed E-state index contributed by atoms with van der Waals surface area (Å²) in [4.78, 5) is 11.4. The minimum Gasteiger partial charge on any atom is -0.393 e. The number of H-pyrrole nitrogens is 1. The first-order valence-corrected chi connectivity index (χ1v) is 5.81. The van der Waals surface area contributed by atoms with Gasteiger partial charge >= 0.3 is 0 Å². The van der Waals surface area contributed by atoms with E-state index in [9.17, 15) is 5.11 Å². The summed E-state index contributed by atoms with van der Waals surface area (Å²) in [6.07, 6.45) is 4.83. The van der Waals surface area contributed by atoms with Crippen molar-refractivity contribution < 1.29 is 5.11 Å². The number of hydrazine groups is 1. The van der Waals surface area contributed by atoms with E-state index in [4.69, 9.17) is 0 Å². The van der Waals surface area contributed by atoms with Crippen molar-refractivity contribution >= 4 is 16.9 Å². The first-order valence-electron chi connectivity index (χ1n) is 5.81. The van der Waals surface area contributed by atoms with Gasteiger partial charge in [-0.2, -0.15) is 0 Å². The number of nitrogens with zero attached hydrogens (tertiary/aromatic N) is 3. The van der Waals surface area contributed by atoms with E-state index >= 15 is 0 Å². The standard InChI is InChI=1S/C11H15N5O/c17-8-2-5-16(6-3-8)15-11-9-1-4-12-10(9)13-7-14-11/h1,4,7-8,17H,2-3,5-6H2,(H2,12,13,14,15). The summed E-state index contributed by atoms with van der Waals surface area (Å²) >= 11 is 0. The molecule has 90 valence electrons. The van der Waals surface area contributed by atoms with E-state index in [1.165, 1.54) is 0 Å². The highest BCUT2D eigenvalue weighted by Crippen LogP contribution is 2.19. The van der Waals surface area contributed by atoms with Crippen LogP contribution in [0.25, 0.3) is 11.0 Å². The van der Waals surface area contributed by atoms with Crippen LogP contribution in [0.1, 0.15) is 12.8 Å². The second-order valence-electron chi connectivity index (χ2n) is 4.29. The van der Waals surface area contributed by atoms with E-state index < -0.39 is 0 Å². The van der Waals surface area contributed by atoms with Crippen LogP contribution in [0.4, 0.5) is 5.82 Å². The molecule has 6 nitrogen and oxygen atoms in total. The lowest BCUT2D eigenvalue weighted by atomic mass is 10.1. The molecule has 0 radical (unpaired) electrons. The lowest BCUT2D eigenvalue weighted by Crippen LogP contribution is -2.39. The quantitative estimate of drug-likeness (QED) is 0.713. The van der Waals surface area contributed by atoms with Crippen molar-refractivity contribution in [3.05, 3.63) is 18.6 Å². The summed E-state index contributed by atoms with van der Waals surface area (Å²) in [6, 6.07) is 1.95. The minimum atomic E-state index is -0.161. The lowest BCUT2D eigenvalue weighted by Gasteiger charge is -2.30. The van der Waals surface area contributed by atoms with Gasteiger partial charge in [0.25, 0.3) is 0 Å². The van der Waals surface area contributed by atoms with Gasteiger partial charge in [-0.1, -0.05) is 0 Å². The fourth-order valence-corrected chi connectivity index (χ4v) is 2.09. The lowest BCUT2D eigenvalue weighted by molar-refractivity contribution is 0.0935. The third-order valence-corrected chi connectivity index (χ3v) is 3.08. The molecule has 0 aliphatic carbocycles. The molecule has 0 saturated carbocycles. The molecular weight excluding hydrogens is 218 g/mol. The van der Waals surface area contributed by atoms with Crippen molar-refractivity contribution in [1.82, 2.24) is 20.0 Å². The van der Waals surface area contributed by atoms with Crippen molar-refractivity contribution in [3.8, 4) is 0 Å². The molecule has 0 bridgehead atoms. The molecule has 2 aromatic heterocycles. The maximum absolute atomic E-state index is 9.45. The molecule has 17 heavy (non-hydrogen) atoms. The average Bonchev–Trinajstić information content (AvgIpc) is 2.81. The first-order chi connectivity index (χ1) is 8.33. The number of hydrogen-bond donors (Lipinski definition) is 3. The Morgan fingerprint density at radius 1 is 1.35 bits per heavy atom. The van der Waals surface area contributed by atoms with Crippen molar-refractivity contribution in [1.29, 1.82) is 0 Å². The van der Waals surface area contributed by atoms with E-state index in [1.54, 1.807) is 6.33 Å². The van der Waals surface area contributed by atoms with Crippen molar-refractivity contribution in [2.24, 2.45) is 0 Å². The highest BCUT2D eigenvalue weighted by molar-refractivity contribution is 5.86. The molecule has 0 aromatic carbocycles. The van der Waals surface area contributed by atoms with Gasteiger partial charge in [-0.05, 0) is 18.9 Å². The highest BCUT2D eigenvalue weighted by atomic mass is 16.3. The zero-order chi connectivity index (χ0) is 11.7. The topological polar surface area (TPSA) is 77.1 Å². The van der Waals surface area contributed by atoms with Gasteiger partial charge < -0.3 is 15.5 Å². The number of aliphatic hydroxyl groups is 1. The number of hydrogen-bond acceptors (Lipinski definition) is 5. The molecule has 1 fully saturated rings. The van der Waals surface area contributed by atoms with Crippen LogP contribution in [0.3, 0.4) is 0 Å². The second-order valence-corrected chi connectivity index (χ2v) is 4.29. The Morgan fingerprint density at radius 3 is 3.00 bits per heavy atom. The maximum Gasteiger partial charge on any atom is 0.153 e. The van der Waals surface area contributed by atoms with Crippen LogP contribution in [-0.4, -0.2) is 44.3 Å². The normalized spacial score (nSPS) is 18.6. The molecule has 0 amide bonds. The van der Waals surface area contributed by atoms with Gasteiger partial charge in [0.05, 0.1) is 11.5 Å². The molecule has 3 N–H and O–H groups in total. The summed E-state index contributed by atoms with van der Waals surface area (Å²) in [6.45, 7) is 1.66. The smallest absolute Gasteiger partial charge is 0.153 e. The van der Waals surface area contributed by atoms with E-state index in [0.29, 0.717) is 0 Å².